The number of carbonyl (C=O) groups is 1. The summed E-state index contributed by atoms with van der Waals surface area (Å²) < 4.78 is 43.1. The van der Waals surface area contributed by atoms with Gasteiger partial charge in [-0.1, -0.05) is 11.6 Å². The first kappa shape index (κ1) is 15.7. The summed E-state index contributed by atoms with van der Waals surface area (Å²) in [5.74, 6) is -1.53. The largest absolute Gasteiger partial charge is 0.469 e. The van der Waals surface area contributed by atoms with Gasteiger partial charge < -0.3 is 4.74 Å². The average Bonchev–Trinajstić information content (AvgIpc) is 2.33. The number of hydrogen-bond acceptors (Lipinski definition) is 4. The molecule has 0 heterocycles. The fourth-order valence-corrected chi connectivity index (χ4v) is 2.59. The summed E-state index contributed by atoms with van der Waals surface area (Å²) in [6, 6.07) is 3.55. The second-order valence-corrected chi connectivity index (χ2v) is 6.00. The maximum atomic E-state index is 13.3. The van der Waals surface area contributed by atoms with Crippen LogP contribution in [0.25, 0.3) is 0 Å². The van der Waals surface area contributed by atoms with Crippen LogP contribution in [0.1, 0.15) is 12.8 Å². The number of nitrogens with one attached hydrogen (secondary N) is 1. The van der Waals surface area contributed by atoms with Gasteiger partial charge in [0.1, 0.15) is 5.82 Å². The number of rotatable bonds is 6. The monoisotopic (exact) mass is 309 g/mol. The van der Waals surface area contributed by atoms with Gasteiger partial charge in [0.25, 0.3) is 0 Å². The zero-order chi connectivity index (χ0) is 14.5. The van der Waals surface area contributed by atoms with Crippen LogP contribution < -0.4 is 4.72 Å². The Morgan fingerprint density at radius 3 is 2.79 bits per heavy atom. The highest BCUT2D eigenvalue weighted by Gasteiger charge is 2.14. The van der Waals surface area contributed by atoms with Gasteiger partial charge in [-0.05, 0) is 24.6 Å². The van der Waals surface area contributed by atoms with Crippen LogP contribution in [0.4, 0.5) is 10.1 Å². The Bertz CT molecular complexity index is 562. The molecular weight excluding hydrogens is 297 g/mol. The summed E-state index contributed by atoms with van der Waals surface area (Å²) in [6.45, 7) is 0. The zero-order valence-corrected chi connectivity index (χ0v) is 11.7. The fraction of sp³-hybridized carbons (Fsp3) is 0.364. The molecule has 0 amide bonds. The number of hydrogen-bond donors (Lipinski definition) is 1. The molecule has 0 aliphatic heterocycles. The fourth-order valence-electron chi connectivity index (χ4n) is 1.30. The quantitative estimate of drug-likeness (QED) is 0.817. The topological polar surface area (TPSA) is 72.5 Å². The first-order valence-corrected chi connectivity index (χ1v) is 7.39. The molecule has 1 aromatic rings. The van der Waals surface area contributed by atoms with E-state index < -0.39 is 21.8 Å². The van der Waals surface area contributed by atoms with Crippen LogP contribution in [0.3, 0.4) is 0 Å². The van der Waals surface area contributed by atoms with Crippen molar-refractivity contribution in [2.24, 2.45) is 0 Å². The highest BCUT2D eigenvalue weighted by molar-refractivity contribution is 7.92. The SMILES string of the molecule is COC(=O)CCCS(=O)(=O)Nc1cc(Cl)ccc1F. The van der Waals surface area contributed by atoms with Crippen molar-refractivity contribution >= 4 is 33.3 Å². The Morgan fingerprint density at radius 2 is 2.16 bits per heavy atom. The summed E-state index contributed by atoms with van der Waals surface area (Å²) in [5, 5.41) is 0.216. The van der Waals surface area contributed by atoms with Crippen LogP contribution in [0.5, 0.6) is 0 Å². The first-order chi connectivity index (χ1) is 8.84. The van der Waals surface area contributed by atoms with Crippen molar-refractivity contribution < 1.29 is 22.3 Å². The Labute approximate surface area is 115 Å². The number of ether oxygens (including phenoxy) is 1. The summed E-state index contributed by atoms with van der Waals surface area (Å²) in [4.78, 5) is 10.8. The maximum Gasteiger partial charge on any atom is 0.305 e. The van der Waals surface area contributed by atoms with Crippen LogP contribution >= 0.6 is 11.6 Å². The molecule has 0 spiro atoms. The number of anilines is 1. The van der Waals surface area contributed by atoms with Crippen molar-refractivity contribution in [2.45, 2.75) is 12.8 Å². The third kappa shape index (κ3) is 5.44. The Kier molecular flexibility index (Phi) is 5.56. The van der Waals surface area contributed by atoms with Gasteiger partial charge >= 0.3 is 5.97 Å². The van der Waals surface area contributed by atoms with Crippen LogP contribution in [0, 0.1) is 5.82 Å². The Balaban J connectivity index is 2.64. The number of halogens is 2. The van der Waals surface area contributed by atoms with Gasteiger partial charge in [-0.15, -0.1) is 0 Å². The summed E-state index contributed by atoms with van der Waals surface area (Å²) in [7, 11) is -2.52. The van der Waals surface area contributed by atoms with Crippen molar-refractivity contribution in [3.63, 3.8) is 0 Å². The first-order valence-electron chi connectivity index (χ1n) is 5.36. The molecule has 8 heteroatoms. The predicted octanol–water partition coefficient (Wildman–Crippen LogP) is 2.17. The lowest BCUT2D eigenvalue weighted by molar-refractivity contribution is -0.140. The van der Waals surface area contributed by atoms with E-state index in [-0.39, 0.29) is 29.3 Å². The van der Waals surface area contributed by atoms with E-state index in [1.165, 1.54) is 19.2 Å². The normalized spacial score (nSPS) is 11.1. The molecule has 0 radical (unpaired) electrons. The van der Waals surface area contributed by atoms with E-state index in [9.17, 15) is 17.6 Å². The molecule has 1 N–H and O–H groups in total. The van der Waals surface area contributed by atoms with Gasteiger partial charge in [0.05, 0.1) is 18.6 Å². The molecule has 5 nitrogen and oxygen atoms in total. The predicted molar refractivity (Wildman–Crippen MR) is 70.1 cm³/mol. The van der Waals surface area contributed by atoms with E-state index in [4.69, 9.17) is 11.6 Å². The minimum absolute atomic E-state index is 0.0184. The van der Waals surface area contributed by atoms with Gasteiger partial charge in [0.2, 0.25) is 10.0 Å². The van der Waals surface area contributed by atoms with E-state index in [0.717, 1.165) is 6.07 Å². The average molecular weight is 310 g/mol. The molecule has 0 saturated carbocycles. The van der Waals surface area contributed by atoms with Gasteiger partial charge in [0.15, 0.2) is 0 Å². The second-order valence-electron chi connectivity index (χ2n) is 3.72. The molecule has 106 valence electrons. The standard InChI is InChI=1S/C11H13ClFNO4S/c1-18-11(15)3-2-6-19(16,17)14-10-7-8(12)4-5-9(10)13/h4-5,7,14H,2-3,6H2,1H3. The molecule has 0 fully saturated rings. The van der Waals surface area contributed by atoms with E-state index in [1.807, 2.05) is 0 Å². The highest BCUT2D eigenvalue weighted by Crippen LogP contribution is 2.20. The Hall–Kier alpha value is -1.34. The molecule has 0 aliphatic rings. The number of methoxy groups -OCH3 is 1. The molecule has 19 heavy (non-hydrogen) atoms. The van der Waals surface area contributed by atoms with Crippen LogP contribution in [0.15, 0.2) is 18.2 Å². The molecule has 0 aromatic heterocycles. The van der Waals surface area contributed by atoms with Crippen LogP contribution in [-0.2, 0) is 19.6 Å². The van der Waals surface area contributed by atoms with Gasteiger partial charge in [0, 0.05) is 11.4 Å². The number of carbonyl (C=O) groups excluding carboxylic acids is 1. The van der Waals surface area contributed by atoms with Crippen molar-refractivity contribution in [2.75, 3.05) is 17.6 Å². The lowest BCUT2D eigenvalue weighted by Crippen LogP contribution is -2.18. The van der Waals surface area contributed by atoms with Crippen molar-refractivity contribution in [1.82, 2.24) is 0 Å². The van der Waals surface area contributed by atoms with E-state index in [2.05, 4.69) is 9.46 Å². The van der Waals surface area contributed by atoms with Crippen LogP contribution in [0.2, 0.25) is 5.02 Å². The molecule has 0 bridgehead atoms. The molecule has 0 aliphatic carbocycles. The zero-order valence-electron chi connectivity index (χ0n) is 10.2. The maximum absolute atomic E-state index is 13.3. The molecule has 0 unspecified atom stereocenters. The molecular formula is C11H13ClFNO4S. The third-order valence-electron chi connectivity index (χ3n) is 2.22. The van der Waals surface area contributed by atoms with Gasteiger partial charge in [-0.25, -0.2) is 12.8 Å². The lowest BCUT2D eigenvalue weighted by Gasteiger charge is -2.08. The Morgan fingerprint density at radius 1 is 1.47 bits per heavy atom. The number of sulfonamides is 1. The van der Waals surface area contributed by atoms with Gasteiger partial charge in [-0.2, -0.15) is 0 Å². The number of benzene rings is 1. The minimum atomic E-state index is -3.73. The third-order valence-corrected chi connectivity index (χ3v) is 3.81. The number of esters is 1. The van der Waals surface area contributed by atoms with Crippen molar-refractivity contribution in [1.29, 1.82) is 0 Å². The van der Waals surface area contributed by atoms with Gasteiger partial charge in [-0.3, -0.25) is 9.52 Å². The summed E-state index contributed by atoms with van der Waals surface area (Å²) in [5.41, 5.74) is -0.217. The molecule has 0 atom stereocenters. The van der Waals surface area contributed by atoms with E-state index >= 15 is 0 Å². The summed E-state index contributed by atoms with van der Waals surface area (Å²) in [6.07, 6.45) is 0.0691. The van der Waals surface area contributed by atoms with Crippen molar-refractivity contribution in [3.8, 4) is 0 Å². The minimum Gasteiger partial charge on any atom is -0.469 e. The smallest absolute Gasteiger partial charge is 0.305 e. The molecule has 1 aromatic carbocycles. The summed E-state index contributed by atoms with van der Waals surface area (Å²) >= 11 is 5.65. The van der Waals surface area contributed by atoms with Crippen molar-refractivity contribution in [3.05, 3.63) is 29.0 Å². The highest BCUT2D eigenvalue weighted by atomic mass is 35.5. The van der Waals surface area contributed by atoms with E-state index in [0.29, 0.717) is 0 Å². The van der Waals surface area contributed by atoms with E-state index in [1.54, 1.807) is 0 Å². The lowest BCUT2D eigenvalue weighted by atomic mass is 10.3. The second kappa shape index (κ2) is 6.72. The molecule has 0 saturated heterocycles. The molecule has 1 rings (SSSR count). The van der Waals surface area contributed by atoms with Crippen LogP contribution in [-0.4, -0.2) is 27.2 Å².